The number of imidazole rings is 1. The average molecular weight is 344 g/mol. The first-order valence-corrected chi connectivity index (χ1v) is 8.40. The quantitative estimate of drug-likeness (QED) is 0.779. The second-order valence-corrected chi connectivity index (χ2v) is 6.99. The molecule has 1 N–H and O–H groups in total. The summed E-state index contributed by atoms with van der Waals surface area (Å²) < 4.78 is 29.9. The van der Waals surface area contributed by atoms with Gasteiger partial charge in [-0.25, -0.2) is 13.8 Å². The summed E-state index contributed by atoms with van der Waals surface area (Å²) >= 11 is 1.57. The number of hydrogen-bond donors (Lipinski definition) is 1. The van der Waals surface area contributed by atoms with Crippen LogP contribution in [0.15, 0.2) is 60.0 Å². The summed E-state index contributed by atoms with van der Waals surface area (Å²) in [6, 6.07) is 9.01. The van der Waals surface area contributed by atoms with E-state index in [-0.39, 0.29) is 10.8 Å². The number of nitrogens with zero attached hydrogens (tertiary/aromatic N) is 2. The topological polar surface area (TPSA) is 38.0 Å². The minimum Gasteiger partial charge on any atom is -0.387 e. The van der Waals surface area contributed by atoms with Crippen molar-refractivity contribution in [1.29, 1.82) is 0 Å². The minimum atomic E-state index is -0.692. The maximum Gasteiger partial charge on any atom is 0.133 e. The zero-order valence-corrected chi connectivity index (χ0v) is 13.4. The second kappa shape index (κ2) is 6.03. The summed E-state index contributed by atoms with van der Waals surface area (Å²) in [6.07, 6.45) is 4.55. The van der Waals surface area contributed by atoms with Crippen LogP contribution in [-0.4, -0.2) is 19.9 Å². The van der Waals surface area contributed by atoms with Gasteiger partial charge in [-0.2, -0.15) is 0 Å². The van der Waals surface area contributed by atoms with Gasteiger partial charge in [0.1, 0.15) is 11.6 Å². The minimum absolute atomic E-state index is 0.0597. The van der Waals surface area contributed by atoms with E-state index in [9.17, 15) is 13.9 Å². The Hall–Kier alpha value is -2.18. The Morgan fingerprint density at radius 3 is 2.67 bits per heavy atom. The van der Waals surface area contributed by atoms with Crippen LogP contribution in [0, 0.1) is 11.6 Å². The lowest BCUT2D eigenvalue weighted by atomic mass is 9.98. The molecule has 0 spiro atoms. The molecule has 0 fully saturated rings. The highest BCUT2D eigenvalue weighted by atomic mass is 32.2. The Balaban J connectivity index is 1.67. The van der Waals surface area contributed by atoms with Gasteiger partial charge in [-0.1, -0.05) is 12.1 Å². The van der Waals surface area contributed by atoms with E-state index in [4.69, 9.17) is 0 Å². The number of thioether (sulfide) groups is 1. The van der Waals surface area contributed by atoms with Crippen molar-refractivity contribution in [1.82, 2.24) is 9.55 Å². The van der Waals surface area contributed by atoms with Crippen LogP contribution in [0.5, 0.6) is 0 Å². The van der Waals surface area contributed by atoms with Gasteiger partial charge in [0.2, 0.25) is 0 Å². The summed E-state index contributed by atoms with van der Waals surface area (Å²) in [4.78, 5) is 4.94. The van der Waals surface area contributed by atoms with Gasteiger partial charge in [0.25, 0.3) is 0 Å². The maximum absolute atomic E-state index is 14.0. The van der Waals surface area contributed by atoms with Crippen molar-refractivity contribution >= 4 is 11.8 Å². The summed E-state index contributed by atoms with van der Waals surface area (Å²) in [5.74, 6) is -1.21. The number of aliphatic hydroxyl groups excluding tert-OH is 1. The van der Waals surface area contributed by atoms with Crippen molar-refractivity contribution in [3.63, 3.8) is 0 Å². The molecule has 0 amide bonds. The van der Waals surface area contributed by atoms with Crippen molar-refractivity contribution in [2.75, 3.05) is 0 Å². The number of halogens is 2. The third-order valence-corrected chi connectivity index (χ3v) is 5.50. The lowest BCUT2D eigenvalue weighted by Gasteiger charge is -2.14. The Bertz CT molecular complexity index is 862. The average Bonchev–Trinajstić information content (AvgIpc) is 3.17. The van der Waals surface area contributed by atoms with E-state index in [0.29, 0.717) is 17.7 Å². The highest BCUT2D eigenvalue weighted by molar-refractivity contribution is 8.00. The predicted octanol–water partition coefficient (Wildman–Crippen LogP) is 4.04. The van der Waals surface area contributed by atoms with Gasteiger partial charge >= 0.3 is 0 Å². The molecule has 0 saturated heterocycles. The molecule has 3 nitrogen and oxygen atoms in total. The highest BCUT2D eigenvalue weighted by Crippen LogP contribution is 2.46. The number of rotatable bonds is 3. The molecule has 4 rings (SSSR count). The van der Waals surface area contributed by atoms with Gasteiger partial charge in [0, 0.05) is 23.8 Å². The Morgan fingerprint density at radius 1 is 1.17 bits per heavy atom. The molecule has 0 radical (unpaired) electrons. The molecule has 122 valence electrons. The molecule has 3 aromatic rings. The first kappa shape index (κ1) is 15.4. The molecule has 6 heteroatoms. The number of aliphatic hydroxyl groups is 1. The zero-order chi connectivity index (χ0) is 16.7. The fourth-order valence-corrected chi connectivity index (χ4v) is 4.29. The lowest BCUT2D eigenvalue weighted by molar-refractivity contribution is 0.170. The largest absolute Gasteiger partial charge is 0.387 e. The predicted molar refractivity (Wildman–Crippen MR) is 88.6 cm³/mol. The molecule has 1 aromatic heterocycles. The second-order valence-electron chi connectivity index (χ2n) is 5.71. The van der Waals surface area contributed by atoms with E-state index in [1.165, 1.54) is 18.2 Å². The number of hydrogen-bond acceptors (Lipinski definition) is 3. The van der Waals surface area contributed by atoms with Crippen LogP contribution in [0.2, 0.25) is 0 Å². The van der Waals surface area contributed by atoms with E-state index in [0.717, 1.165) is 4.90 Å². The molecule has 24 heavy (non-hydrogen) atoms. The SMILES string of the molecule is O[C@H]1c2cc(-c3c(F)cccc3F)ccc2S[C@H]1Cn1ccnc1. The Labute approximate surface area is 142 Å². The molecule has 2 aromatic carbocycles. The summed E-state index contributed by atoms with van der Waals surface area (Å²) in [6.45, 7) is 0.615. The molecule has 1 aliphatic heterocycles. The third kappa shape index (κ3) is 2.61. The van der Waals surface area contributed by atoms with E-state index < -0.39 is 17.7 Å². The highest BCUT2D eigenvalue weighted by Gasteiger charge is 2.32. The van der Waals surface area contributed by atoms with E-state index in [1.54, 1.807) is 36.4 Å². The molecule has 2 atom stereocenters. The third-order valence-electron chi connectivity index (χ3n) is 4.16. The monoisotopic (exact) mass is 344 g/mol. The van der Waals surface area contributed by atoms with E-state index in [2.05, 4.69) is 4.98 Å². The number of aromatic nitrogens is 2. The first-order valence-electron chi connectivity index (χ1n) is 7.52. The van der Waals surface area contributed by atoms with Gasteiger partial charge in [0.15, 0.2) is 0 Å². The summed E-state index contributed by atoms with van der Waals surface area (Å²) in [5, 5.41) is 10.5. The Morgan fingerprint density at radius 2 is 1.96 bits per heavy atom. The lowest BCUT2D eigenvalue weighted by Crippen LogP contribution is -2.16. The Kier molecular flexibility index (Phi) is 3.86. The molecule has 1 aliphatic rings. The molecule has 2 heterocycles. The molecular formula is C18H14F2N2OS. The van der Waals surface area contributed by atoms with Crippen LogP contribution < -0.4 is 0 Å². The fraction of sp³-hybridized carbons (Fsp3) is 0.167. The van der Waals surface area contributed by atoms with Gasteiger partial charge in [-0.05, 0) is 35.4 Å². The van der Waals surface area contributed by atoms with E-state index in [1.807, 2.05) is 16.8 Å². The molecule has 0 aliphatic carbocycles. The zero-order valence-electron chi connectivity index (χ0n) is 12.6. The smallest absolute Gasteiger partial charge is 0.133 e. The maximum atomic E-state index is 14.0. The molecule has 0 saturated carbocycles. The van der Waals surface area contributed by atoms with Crippen LogP contribution in [-0.2, 0) is 6.54 Å². The number of benzene rings is 2. The van der Waals surface area contributed by atoms with Crippen LogP contribution in [0.1, 0.15) is 11.7 Å². The van der Waals surface area contributed by atoms with Crippen molar-refractivity contribution < 1.29 is 13.9 Å². The van der Waals surface area contributed by atoms with Crippen molar-refractivity contribution in [3.8, 4) is 11.1 Å². The van der Waals surface area contributed by atoms with Crippen LogP contribution in [0.4, 0.5) is 8.78 Å². The van der Waals surface area contributed by atoms with Crippen LogP contribution >= 0.6 is 11.8 Å². The fourth-order valence-electron chi connectivity index (χ4n) is 2.98. The number of fused-ring (bicyclic) bond motifs is 1. The van der Waals surface area contributed by atoms with Gasteiger partial charge in [-0.3, -0.25) is 0 Å². The standard InChI is InChI=1S/C18H14F2N2OS/c19-13-2-1-3-14(20)17(13)11-4-5-15-12(8-11)18(23)16(24-15)9-22-7-6-21-10-22/h1-8,10,16,18,23H,9H2/t16-,18-/m0/s1. The first-order chi connectivity index (χ1) is 11.6. The van der Waals surface area contributed by atoms with Gasteiger partial charge < -0.3 is 9.67 Å². The van der Waals surface area contributed by atoms with Gasteiger partial charge in [0.05, 0.1) is 23.2 Å². The van der Waals surface area contributed by atoms with Crippen molar-refractivity contribution in [2.24, 2.45) is 0 Å². The molecule has 0 unspecified atom stereocenters. The normalized spacial score (nSPS) is 19.5. The summed E-state index contributed by atoms with van der Waals surface area (Å²) in [7, 11) is 0. The van der Waals surface area contributed by atoms with Crippen molar-refractivity contribution in [3.05, 3.63) is 72.3 Å². The van der Waals surface area contributed by atoms with E-state index >= 15 is 0 Å². The summed E-state index contributed by atoms with van der Waals surface area (Å²) in [5.41, 5.74) is 1.09. The van der Waals surface area contributed by atoms with Crippen LogP contribution in [0.25, 0.3) is 11.1 Å². The van der Waals surface area contributed by atoms with Gasteiger partial charge in [-0.15, -0.1) is 11.8 Å². The van der Waals surface area contributed by atoms with Crippen molar-refractivity contribution in [2.45, 2.75) is 22.8 Å². The molecular weight excluding hydrogens is 330 g/mol. The molecule has 0 bridgehead atoms. The van der Waals surface area contributed by atoms with Crippen LogP contribution in [0.3, 0.4) is 0 Å².